The Kier molecular flexibility index (Phi) is 5.79. The Morgan fingerprint density at radius 2 is 1.84 bits per heavy atom. The molecule has 1 N–H and O–H groups in total. The average molecular weight is 264 g/mol. The van der Waals surface area contributed by atoms with Gasteiger partial charge >= 0.3 is 0 Å². The van der Waals surface area contributed by atoms with Crippen molar-refractivity contribution in [1.82, 2.24) is 9.80 Å². The number of aliphatic hydroxyl groups excluding tert-OH is 1. The van der Waals surface area contributed by atoms with E-state index in [-0.39, 0.29) is 0 Å². The number of rotatable bonds is 6. The van der Waals surface area contributed by atoms with E-state index in [2.05, 4.69) is 16.8 Å². The van der Waals surface area contributed by atoms with Gasteiger partial charge in [-0.05, 0) is 12.6 Å². The summed E-state index contributed by atoms with van der Waals surface area (Å²) in [4.78, 5) is 4.76. The van der Waals surface area contributed by atoms with E-state index in [1.165, 1.54) is 0 Å². The number of nitrogens with zero attached hydrogens (tertiary/aromatic N) is 2. The molecule has 19 heavy (non-hydrogen) atoms. The monoisotopic (exact) mass is 264 g/mol. The maximum atomic E-state index is 9.95. The molecule has 1 fully saturated rings. The van der Waals surface area contributed by atoms with Crippen LogP contribution in [0.15, 0.2) is 30.3 Å². The van der Waals surface area contributed by atoms with E-state index in [9.17, 15) is 5.11 Å². The van der Waals surface area contributed by atoms with Gasteiger partial charge in [0.15, 0.2) is 0 Å². The summed E-state index contributed by atoms with van der Waals surface area (Å²) in [5.41, 5.74) is 0.919. The largest absolute Gasteiger partial charge is 0.386 e. The molecular formula is C15H24N2O2. The van der Waals surface area contributed by atoms with Crippen LogP contribution < -0.4 is 0 Å². The van der Waals surface area contributed by atoms with Gasteiger partial charge in [0.05, 0.1) is 13.2 Å². The Hall–Kier alpha value is -0.940. The molecule has 1 atom stereocenters. The van der Waals surface area contributed by atoms with E-state index < -0.39 is 6.10 Å². The van der Waals surface area contributed by atoms with Crippen LogP contribution in [0.4, 0.5) is 0 Å². The fourth-order valence-electron chi connectivity index (χ4n) is 2.23. The molecule has 0 aromatic heterocycles. The summed E-state index contributed by atoms with van der Waals surface area (Å²) >= 11 is 0. The highest BCUT2D eigenvalue weighted by molar-refractivity contribution is 5.17. The zero-order chi connectivity index (χ0) is 13.5. The van der Waals surface area contributed by atoms with Crippen LogP contribution in [0.25, 0.3) is 0 Å². The minimum absolute atomic E-state index is 0.373. The summed E-state index contributed by atoms with van der Waals surface area (Å²) in [6, 6.07) is 9.67. The van der Waals surface area contributed by atoms with Crippen molar-refractivity contribution in [3.63, 3.8) is 0 Å². The fourth-order valence-corrected chi connectivity index (χ4v) is 2.23. The lowest BCUT2D eigenvalue weighted by Crippen LogP contribution is -2.45. The summed E-state index contributed by atoms with van der Waals surface area (Å²) in [6.07, 6.45) is -0.520. The molecule has 0 aliphatic carbocycles. The lowest BCUT2D eigenvalue weighted by atomic mass is 10.1. The van der Waals surface area contributed by atoms with Crippen molar-refractivity contribution in [2.24, 2.45) is 0 Å². The molecule has 0 spiro atoms. The number of piperazine rings is 1. The normalized spacial score (nSPS) is 19.5. The highest BCUT2D eigenvalue weighted by Gasteiger charge is 2.13. The molecule has 1 unspecified atom stereocenters. The lowest BCUT2D eigenvalue weighted by molar-refractivity contribution is 0.0214. The molecule has 0 saturated carbocycles. The predicted molar refractivity (Wildman–Crippen MR) is 76.2 cm³/mol. The minimum Gasteiger partial charge on any atom is -0.386 e. The highest BCUT2D eigenvalue weighted by Crippen LogP contribution is 2.11. The van der Waals surface area contributed by atoms with Crippen molar-refractivity contribution in [2.45, 2.75) is 6.10 Å². The summed E-state index contributed by atoms with van der Waals surface area (Å²) in [5.74, 6) is 0. The van der Waals surface area contributed by atoms with E-state index in [0.717, 1.165) is 38.3 Å². The first-order valence-electron chi connectivity index (χ1n) is 6.97. The summed E-state index contributed by atoms with van der Waals surface area (Å²) in [6.45, 7) is 6.50. The van der Waals surface area contributed by atoms with Crippen LogP contribution in [0.1, 0.15) is 11.7 Å². The van der Waals surface area contributed by atoms with Crippen LogP contribution in [0.3, 0.4) is 0 Å². The second kappa shape index (κ2) is 7.60. The maximum absolute atomic E-state index is 9.95. The lowest BCUT2D eigenvalue weighted by Gasteiger charge is -2.32. The molecule has 4 nitrogen and oxygen atoms in total. The summed E-state index contributed by atoms with van der Waals surface area (Å²) < 4.78 is 5.57. The standard InChI is InChI=1S/C15H24N2O2/c1-16-7-9-17(10-8-16)11-12-19-13-15(18)14-5-3-2-4-6-14/h2-6,15,18H,7-13H2,1H3. The van der Waals surface area contributed by atoms with Gasteiger partial charge in [-0.25, -0.2) is 0 Å². The third kappa shape index (κ3) is 4.91. The number of ether oxygens (including phenoxy) is 1. The molecule has 1 saturated heterocycles. The van der Waals surface area contributed by atoms with Crippen LogP contribution in [0.2, 0.25) is 0 Å². The molecule has 0 bridgehead atoms. The van der Waals surface area contributed by atoms with Gasteiger partial charge in [-0.2, -0.15) is 0 Å². The van der Waals surface area contributed by atoms with E-state index >= 15 is 0 Å². The smallest absolute Gasteiger partial charge is 0.102 e. The fraction of sp³-hybridized carbons (Fsp3) is 0.600. The molecule has 0 amide bonds. The molecule has 0 radical (unpaired) electrons. The Bertz CT molecular complexity index is 350. The van der Waals surface area contributed by atoms with Gasteiger partial charge in [-0.3, -0.25) is 4.90 Å². The van der Waals surface area contributed by atoms with Crippen LogP contribution in [0, 0.1) is 0 Å². The molecule has 1 aliphatic rings. The van der Waals surface area contributed by atoms with E-state index in [1.54, 1.807) is 0 Å². The maximum Gasteiger partial charge on any atom is 0.102 e. The van der Waals surface area contributed by atoms with Gasteiger partial charge in [-0.15, -0.1) is 0 Å². The number of hydrogen-bond donors (Lipinski definition) is 1. The molecule has 1 aliphatic heterocycles. The third-order valence-electron chi connectivity index (χ3n) is 3.61. The van der Waals surface area contributed by atoms with Crippen LogP contribution in [0.5, 0.6) is 0 Å². The number of likely N-dealkylation sites (N-methyl/N-ethyl adjacent to an activating group) is 1. The van der Waals surface area contributed by atoms with Gasteiger partial charge < -0.3 is 14.7 Å². The quantitative estimate of drug-likeness (QED) is 0.777. The first kappa shape index (κ1) is 14.5. The second-order valence-electron chi connectivity index (χ2n) is 5.15. The molecule has 1 heterocycles. The van der Waals surface area contributed by atoms with Gasteiger partial charge in [0.25, 0.3) is 0 Å². The Morgan fingerprint density at radius 3 is 2.53 bits per heavy atom. The third-order valence-corrected chi connectivity index (χ3v) is 3.61. The first-order valence-corrected chi connectivity index (χ1v) is 6.97. The van der Waals surface area contributed by atoms with E-state index in [0.29, 0.717) is 13.2 Å². The van der Waals surface area contributed by atoms with Crippen molar-refractivity contribution in [1.29, 1.82) is 0 Å². The zero-order valence-corrected chi connectivity index (χ0v) is 11.7. The zero-order valence-electron chi connectivity index (χ0n) is 11.7. The topological polar surface area (TPSA) is 35.9 Å². The molecule has 1 aromatic rings. The van der Waals surface area contributed by atoms with Crippen LogP contribution in [-0.2, 0) is 4.74 Å². The number of aliphatic hydroxyl groups is 1. The summed E-state index contributed by atoms with van der Waals surface area (Å²) in [5, 5.41) is 9.95. The Balaban J connectivity index is 1.59. The van der Waals surface area contributed by atoms with E-state index in [4.69, 9.17) is 4.74 Å². The second-order valence-corrected chi connectivity index (χ2v) is 5.15. The van der Waals surface area contributed by atoms with Crippen molar-refractivity contribution in [3.8, 4) is 0 Å². The Morgan fingerprint density at radius 1 is 1.16 bits per heavy atom. The minimum atomic E-state index is -0.520. The SMILES string of the molecule is CN1CCN(CCOCC(O)c2ccccc2)CC1. The van der Waals surface area contributed by atoms with Crippen LogP contribution in [-0.4, -0.2) is 67.9 Å². The van der Waals surface area contributed by atoms with E-state index in [1.807, 2.05) is 30.3 Å². The average Bonchev–Trinajstić information content (AvgIpc) is 2.46. The molecule has 106 valence electrons. The van der Waals surface area contributed by atoms with Crippen molar-refractivity contribution in [3.05, 3.63) is 35.9 Å². The van der Waals surface area contributed by atoms with Gasteiger partial charge in [0, 0.05) is 32.7 Å². The van der Waals surface area contributed by atoms with Crippen LogP contribution >= 0.6 is 0 Å². The summed E-state index contributed by atoms with van der Waals surface area (Å²) in [7, 11) is 2.16. The molecule has 2 rings (SSSR count). The molecule has 4 heteroatoms. The number of hydrogen-bond acceptors (Lipinski definition) is 4. The van der Waals surface area contributed by atoms with Crippen molar-refractivity contribution < 1.29 is 9.84 Å². The molecular weight excluding hydrogens is 240 g/mol. The van der Waals surface area contributed by atoms with Crippen molar-refractivity contribution >= 4 is 0 Å². The van der Waals surface area contributed by atoms with Gasteiger partial charge in [-0.1, -0.05) is 30.3 Å². The number of benzene rings is 1. The van der Waals surface area contributed by atoms with Gasteiger partial charge in [0.2, 0.25) is 0 Å². The highest BCUT2D eigenvalue weighted by atomic mass is 16.5. The van der Waals surface area contributed by atoms with Gasteiger partial charge in [0.1, 0.15) is 6.10 Å². The Labute approximate surface area is 115 Å². The first-order chi connectivity index (χ1) is 9.25. The predicted octanol–water partition coefficient (Wildman–Crippen LogP) is 0.984. The molecule has 1 aromatic carbocycles. The van der Waals surface area contributed by atoms with Crippen molar-refractivity contribution in [2.75, 3.05) is 53.0 Å².